The molecule has 0 unspecified atom stereocenters. The average molecular weight is 337 g/mol. The van der Waals surface area contributed by atoms with Crippen LogP contribution in [0, 0.1) is 12.3 Å². The molecule has 0 aliphatic rings. The van der Waals surface area contributed by atoms with Crippen molar-refractivity contribution in [3.63, 3.8) is 0 Å². The summed E-state index contributed by atoms with van der Waals surface area (Å²) in [5.74, 6) is 0. The monoisotopic (exact) mass is 336 g/mol. The van der Waals surface area contributed by atoms with E-state index in [1.54, 1.807) is 0 Å². The molecule has 0 atom stereocenters. The Bertz CT molecular complexity index is 341. The van der Waals surface area contributed by atoms with E-state index in [-0.39, 0.29) is 5.41 Å². The molecule has 0 nitrogen and oxygen atoms in total. The molecular formula is C24H48. The molecule has 144 valence electrons. The predicted octanol–water partition coefficient (Wildman–Crippen LogP) is 8.96. The quantitative estimate of drug-likeness (QED) is 0.505. The first kappa shape index (κ1) is 28.0. The summed E-state index contributed by atoms with van der Waals surface area (Å²) in [6, 6.07) is 8.74. The third-order valence-electron chi connectivity index (χ3n) is 3.42. The molecule has 1 aromatic carbocycles. The van der Waals surface area contributed by atoms with Gasteiger partial charge in [0.15, 0.2) is 0 Å². The Hall–Kier alpha value is -0.780. The molecule has 0 heterocycles. The van der Waals surface area contributed by atoms with Gasteiger partial charge in [-0.05, 0) is 29.7 Å². The highest BCUT2D eigenvalue weighted by molar-refractivity contribution is 5.26. The maximum Gasteiger partial charge on any atom is -0.0132 e. The molecule has 0 heteroatoms. The number of unbranched alkanes of at least 4 members (excludes halogenated alkanes) is 1. The first-order valence-electron chi connectivity index (χ1n) is 10.0. The Labute approximate surface area is 155 Å². The van der Waals surface area contributed by atoms with Crippen LogP contribution in [-0.4, -0.2) is 0 Å². The number of hydrogen-bond donors (Lipinski definition) is 0. The van der Waals surface area contributed by atoms with Gasteiger partial charge in [-0.3, -0.25) is 0 Å². The summed E-state index contributed by atoms with van der Waals surface area (Å²) in [6.45, 7) is 26.2. The molecule has 24 heavy (non-hydrogen) atoms. The van der Waals surface area contributed by atoms with Crippen molar-refractivity contribution in [3.05, 3.63) is 35.4 Å². The molecule has 1 aromatic rings. The van der Waals surface area contributed by atoms with Crippen LogP contribution in [0.3, 0.4) is 0 Å². The molecule has 0 saturated carbocycles. The molecule has 0 fully saturated rings. The zero-order chi connectivity index (χ0) is 19.8. The Kier molecular flexibility index (Phi) is 18.4. The van der Waals surface area contributed by atoms with Gasteiger partial charge in [0.2, 0.25) is 0 Å². The minimum absolute atomic E-state index is 0.285. The van der Waals surface area contributed by atoms with E-state index in [0.29, 0.717) is 5.41 Å². The van der Waals surface area contributed by atoms with Gasteiger partial charge in [-0.1, -0.05) is 125 Å². The highest BCUT2D eigenvalue weighted by Gasteiger charge is 2.11. The van der Waals surface area contributed by atoms with Gasteiger partial charge < -0.3 is 0 Å². The summed E-state index contributed by atoms with van der Waals surface area (Å²) in [5, 5.41) is 0. The average Bonchev–Trinajstić information content (AvgIpc) is 2.48. The molecule has 0 bridgehead atoms. The molecule has 0 aliphatic heterocycles. The smallest absolute Gasteiger partial charge is 0.0132 e. The zero-order valence-electron chi connectivity index (χ0n) is 19.1. The van der Waals surface area contributed by atoms with Gasteiger partial charge in [-0.25, -0.2) is 0 Å². The van der Waals surface area contributed by atoms with Crippen molar-refractivity contribution in [1.29, 1.82) is 0 Å². The summed E-state index contributed by atoms with van der Waals surface area (Å²) in [6.07, 6.45) is 5.29. The second-order valence-corrected chi connectivity index (χ2v) is 8.43. The largest absolute Gasteiger partial charge is 0.0683 e. The van der Waals surface area contributed by atoms with Crippen LogP contribution in [0.2, 0.25) is 0 Å². The van der Waals surface area contributed by atoms with Crippen LogP contribution in [0.15, 0.2) is 24.3 Å². The molecule has 0 aromatic heterocycles. The highest BCUT2D eigenvalue weighted by Crippen LogP contribution is 2.21. The second kappa shape index (κ2) is 15.7. The maximum absolute atomic E-state index is 2.27. The zero-order valence-corrected chi connectivity index (χ0v) is 19.1. The lowest BCUT2D eigenvalue weighted by Crippen LogP contribution is -2.10. The maximum atomic E-state index is 2.27. The normalized spacial score (nSPS) is 10.3. The van der Waals surface area contributed by atoms with Gasteiger partial charge >= 0.3 is 0 Å². The van der Waals surface area contributed by atoms with E-state index in [2.05, 4.69) is 93.5 Å². The van der Waals surface area contributed by atoms with Gasteiger partial charge in [0, 0.05) is 0 Å². The van der Waals surface area contributed by atoms with E-state index in [0.717, 1.165) is 0 Å². The molecule has 0 amide bonds. The van der Waals surface area contributed by atoms with Gasteiger partial charge in [-0.2, -0.15) is 0 Å². The number of aryl methyl sites for hydroxylation is 1. The van der Waals surface area contributed by atoms with Gasteiger partial charge in [0.1, 0.15) is 0 Å². The third kappa shape index (κ3) is 21.2. The van der Waals surface area contributed by atoms with E-state index in [1.165, 1.54) is 36.8 Å². The summed E-state index contributed by atoms with van der Waals surface area (Å²) in [5.41, 5.74) is 3.57. The molecule has 0 N–H and O–H groups in total. The van der Waals surface area contributed by atoms with E-state index < -0.39 is 0 Å². The van der Waals surface area contributed by atoms with E-state index >= 15 is 0 Å². The Morgan fingerprint density at radius 1 is 0.667 bits per heavy atom. The number of rotatable bonds is 2. The van der Waals surface area contributed by atoms with E-state index in [1.807, 2.05) is 13.8 Å². The summed E-state index contributed by atoms with van der Waals surface area (Å²) in [4.78, 5) is 0. The molecular weight excluding hydrogens is 288 g/mol. The van der Waals surface area contributed by atoms with Crippen LogP contribution >= 0.6 is 0 Å². The first-order chi connectivity index (χ1) is 11.0. The fourth-order valence-corrected chi connectivity index (χ4v) is 1.80. The van der Waals surface area contributed by atoms with E-state index in [4.69, 9.17) is 0 Å². The Morgan fingerprint density at radius 2 is 1.04 bits per heavy atom. The van der Waals surface area contributed by atoms with Gasteiger partial charge in [0.25, 0.3) is 0 Å². The molecule has 0 saturated heterocycles. The van der Waals surface area contributed by atoms with Crippen molar-refractivity contribution in [2.45, 2.75) is 114 Å². The van der Waals surface area contributed by atoms with Gasteiger partial charge in [0.05, 0.1) is 0 Å². The fourth-order valence-electron chi connectivity index (χ4n) is 1.80. The van der Waals surface area contributed by atoms with Crippen molar-refractivity contribution in [2.24, 2.45) is 5.41 Å². The third-order valence-corrected chi connectivity index (χ3v) is 3.42. The van der Waals surface area contributed by atoms with Crippen LogP contribution in [-0.2, 0) is 5.41 Å². The molecule has 0 aliphatic carbocycles. The van der Waals surface area contributed by atoms with Gasteiger partial charge in [-0.15, -0.1) is 0 Å². The Morgan fingerprint density at radius 3 is 1.21 bits per heavy atom. The van der Waals surface area contributed by atoms with Crippen molar-refractivity contribution in [1.82, 2.24) is 0 Å². The lowest BCUT2D eigenvalue weighted by molar-refractivity contribution is 0.373. The van der Waals surface area contributed by atoms with Crippen LogP contribution in [0.1, 0.15) is 113 Å². The summed E-state index contributed by atoms with van der Waals surface area (Å²) >= 11 is 0. The van der Waals surface area contributed by atoms with E-state index in [9.17, 15) is 0 Å². The summed E-state index contributed by atoms with van der Waals surface area (Å²) in [7, 11) is 0. The first-order valence-corrected chi connectivity index (χ1v) is 10.0. The molecule has 1 rings (SSSR count). The minimum atomic E-state index is 0.285. The lowest BCUT2D eigenvalue weighted by atomic mass is 9.87. The SMILES string of the molecule is CC.CCCC.CCCC(C)(C)C.Cc1ccc(C(C)(C)C)cc1. The van der Waals surface area contributed by atoms with Crippen molar-refractivity contribution >= 4 is 0 Å². The highest BCUT2D eigenvalue weighted by atomic mass is 14.2. The van der Waals surface area contributed by atoms with Crippen molar-refractivity contribution in [2.75, 3.05) is 0 Å². The second-order valence-electron chi connectivity index (χ2n) is 8.43. The topological polar surface area (TPSA) is 0 Å². The Balaban J connectivity index is -0.000000293. The van der Waals surface area contributed by atoms with Crippen molar-refractivity contribution < 1.29 is 0 Å². The number of hydrogen-bond acceptors (Lipinski definition) is 0. The standard InChI is InChI=1S/C11H16.C7H16.C4H10.C2H6/c1-9-5-7-10(8-6-9)11(2,3)4;1-5-6-7(2,3)4;1-3-4-2;1-2/h5-8H,1-4H3;5-6H2,1-4H3;3-4H2,1-2H3;1-2H3. The fraction of sp³-hybridized carbons (Fsp3) is 0.750. The molecule has 0 spiro atoms. The summed E-state index contributed by atoms with van der Waals surface area (Å²) < 4.78 is 0. The number of benzene rings is 1. The van der Waals surface area contributed by atoms with Crippen LogP contribution in [0.4, 0.5) is 0 Å². The molecule has 0 radical (unpaired) electrons. The lowest BCUT2D eigenvalue weighted by Gasteiger charge is -2.18. The van der Waals surface area contributed by atoms with Crippen LogP contribution in [0.5, 0.6) is 0 Å². The van der Waals surface area contributed by atoms with Crippen LogP contribution in [0.25, 0.3) is 0 Å². The predicted molar refractivity (Wildman–Crippen MR) is 116 cm³/mol. The van der Waals surface area contributed by atoms with Crippen LogP contribution < -0.4 is 0 Å². The minimum Gasteiger partial charge on any atom is -0.0683 e. The van der Waals surface area contributed by atoms with Crippen molar-refractivity contribution in [3.8, 4) is 0 Å².